The number of fused-ring (bicyclic) bond motifs is 3. The number of phenolic OH excluding ortho intramolecular Hbond substituents is 1. The minimum absolute atomic E-state index is 0.00572. The molecule has 0 saturated heterocycles. The van der Waals surface area contributed by atoms with Gasteiger partial charge in [0.1, 0.15) is 11.5 Å². The summed E-state index contributed by atoms with van der Waals surface area (Å²) in [5, 5.41) is 10.1. The number of carbonyl (C=O) groups excluding carboxylic acids is 1. The molecule has 24 heavy (non-hydrogen) atoms. The third-order valence-corrected chi connectivity index (χ3v) is 5.80. The molecule has 4 rings (SSSR count). The second-order valence-electron chi connectivity index (χ2n) is 5.81. The molecule has 3 N–H and O–H groups in total. The Hall–Kier alpha value is -2.74. The van der Waals surface area contributed by atoms with Crippen molar-refractivity contribution in [3.63, 3.8) is 0 Å². The number of aromatic hydroxyl groups is 1. The number of amides is 1. The van der Waals surface area contributed by atoms with Gasteiger partial charge in [0, 0.05) is 18.3 Å². The molecular formula is C16H14N2O5S. The lowest BCUT2D eigenvalue weighted by molar-refractivity contribution is 0.100. The summed E-state index contributed by atoms with van der Waals surface area (Å²) < 4.78 is 30.8. The molecule has 0 bridgehead atoms. The van der Waals surface area contributed by atoms with Gasteiger partial charge in [0.15, 0.2) is 0 Å². The van der Waals surface area contributed by atoms with Crippen molar-refractivity contribution in [2.75, 3.05) is 0 Å². The lowest BCUT2D eigenvalue weighted by atomic mass is 10.1. The van der Waals surface area contributed by atoms with Gasteiger partial charge >= 0.3 is 10.1 Å². The Bertz CT molecular complexity index is 1100. The van der Waals surface area contributed by atoms with Gasteiger partial charge in [-0.25, -0.2) is 0 Å². The van der Waals surface area contributed by atoms with Crippen LogP contribution in [0.5, 0.6) is 11.5 Å². The molecule has 1 amide bonds. The molecule has 2 heterocycles. The Balaban J connectivity index is 1.98. The van der Waals surface area contributed by atoms with Crippen LogP contribution in [-0.2, 0) is 10.1 Å². The van der Waals surface area contributed by atoms with Gasteiger partial charge in [-0.05, 0) is 25.0 Å². The van der Waals surface area contributed by atoms with Crippen LogP contribution in [0.1, 0.15) is 23.2 Å². The van der Waals surface area contributed by atoms with Gasteiger partial charge in [-0.15, -0.1) is 0 Å². The third-order valence-electron chi connectivity index (χ3n) is 4.09. The molecule has 7 nitrogen and oxygen atoms in total. The fourth-order valence-electron chi connectivity index (χ4n) is 2.87. The molecule has 0 unspecified atom stereocenters. The number of hydrogen-bond donors (Lipinski definition) is 2. The SMILES string of the molecule is NC(=O)c1c2c(O)cc(OS(=O)(=O)C3CC3)cc2n2ccccc12. The van der Waals surface area contributed by atoms with Crippen LogP contribution in [0, 0.1) is 0 Å². The quantitative estimate of drug-likeness (QED) is 0.699. The minimum atomic E-state index is -3.70. The number of benzene rings is 1. The summed E-state index contributed by atoms with van der Waals surface area (Å²) in [6, 6.07) is 7.86. The summed E-state index contributed by atoms with van der Waals surface area (Å²) in [6.45, 7) is 0. The third kappa shape index (κ3) is 2.18. The highest BCUT2D eigenvalue weighted by Gasteiger charge is 2.38. The number of pyridine rings is 1. The number of nitrogens with two attached hydrogens (primary N) is 1. The van der Waals surface area contributed by atoms with E-state index >= 15 is 0 Å². The monoisotopic (exact) mass is 346 g/mol. The first-order chi connectivity index (χ1) is 11.4. The van der Waals surface area contributed by atoms with Gasteiger partial charge in [-0.1, -0.05) is 6.07 Å². The fourth-order valence-corrected chi connectivity index (χ4v) is 4.09. The van der Waals surface area contributed by atoms with Gasteiger partial charge < -0.3 is 19.4 Å². The Labute approximate surface area is 137 Å². The van der Waals surface area contributed by atoms with Crippen LogP contribution >= 0.6 is 0 Å². The molecule has 1 saturated carbocycles. The number of nitrogens with zero attached hydrogens (tertiary/aromatic N) is 1. The topological polar surface area (TPSA) is 111 Å². The molecular weight excluding hydrogens is 332 g/mol. The first-order valence-electron chi connectivity index (χ1n) is 7.37. The predicted molar refractivity (Wildman–Crippen MR) is 87.7 cm³/mol. The summed E-state index contributed by atoms with van der Waals surface area (Å²) in [7, 11) is -3.70. The van der Waals surface area contributed by atoms with E-state index in [0.29, 0.717) is 23.9 Å². The van der Waals surface area contributed by atoms with Crippen LogP contribution in [0.3, 0.4) is 0 Å². The van der Waals surface area contributed by atoms with Crippen molar-refractivity contribution in [3.8, 4) is 11.5 Å². The summed E-state index contributed by atoms with van der Waals surface area (Å²) in [5.41, 5.74) is 6.61. The molecule has 1 fully saturated rings. The van der Waals surface area contributed by atoms with Crippen LogP contribution in [0.25, 0.3) is 16.4 Å². The van der Waals surface area contributed by atoms with E-state index in [1.54, 1.807) is 28.8 Å². The van der Waals surface area contributed by atoms with Crippen molar-refractivity contribution in [1.82, 2.24) is 4.40 Å². The van der Waals surface area contributed by atoms with Crippen LogP contribution in [0.15, 0.2) is 36.5 Å². The van der Waals surface area contributed by atoms with E-state index < -0.39 is 21.3 Å². The summed E-state index contributed by atoms with van der Waals surface area (Å²) >= 11 is 0. The summed E-state index contributed by atoms with van der Waals surface area (Å²) in [4.78, 5) is 11.8. The van der Waals surface area contributed by atoms with Crippen LogP contribution in [0.4, 0.5) is 0 Å². The second-order valence-corrected chi connectivity index (χ2v) is 7.63. The number of rotatable bonds is 4. The molecule has 1 aromatic carbocycles. The molecule has 0 atom stereocenters. The van der Waals surface area contributed by atoms with Gasteiger partial charge in [0.05, 0.1) is 27.2 Å². The van der Waals surface area contributed by atoms with Crippen LogP contribution < -0.4 is 9.92 Å². The van der Waals surface area contributed by atoms with Crippen LogP contribution in [0.2, 0.25) is 0 Å². The molecule has 2 aromatic heterocycles. The minimum Gasteiger partial charge on any atom is -0.507 e. The zero-order chi connectivity index (χ0) is 17.1. The van der Waals surface area contributed by atoms with Crippen molar-refractivity contribution in [1.29, 1.82) is 0 Å². The number of hydrogen-bond acceptors (Lipinski definition) is 5. The van der Waals surface area contributed by atoms with Crippen molar-refractivity contribution >= 4 is 32.4 Å². The lowest BCUT2D eigenvalue weighted by Crippen LogP contribution is -2.14. The zero-order valence-electron chi connectivity index (χ0n) is 12.5. The van der Waals surface area contributed by atoms with Gasteiger partial charge in [-0.3, -0.25) is 4.79 Å². The molecule has 1 aliphatic rings. The van der Waals surface area contributed by atoms with Gasteiger partial charge in [0.2, 0.25) is 0 Å². The maximum Gasteiger partial charge on any atom is 0.312 e. The van der Waals surface area contributed by atoms with Crippen molar-refractivity contribution < 1.29 is 22.5 Å². The standard InChI is InChI=1S/C16H14N2O5S/c17-16(20)15-11-3-1-2-6-18(11)12-7-9(8-13(19)14(12)15)23-24(21,22)10-4-5-10/h1-3,6-8,10,19H,4-5H2,(H2,17,20). The number of primary amides is 1. The Morgan fingerprint density at radius 2 is 2.00 bits per heavy atom. The maximum atomic E-state index is 12.0. The highest BCUT2D eigenvalue weighted by Crippen LogP contribution is 2.38. The van der Waals surface area contributed by atoms with E-state index in [4.69, 9.17) is 9.92 Å². The van der Waals surface area contributed by atoms with E-state index in [1.165, 1.54) is 12.1 Å². The first kappa shape index (κ1) is 14.8. The largest absolute Gasteiger partial charge is 0.507 e. The fraction of sp³-hybridized carbons (Fsp3) is 0.188. The Morgan fingerprint density at radius 3 is 2.67 bits per heavy atom. The lowest BCUT2D eigenvalue weighted by Gasteiger charge is -2.07. The normalized spacial score (nSPS) is 15.0. The molecule has 1 aliphatic carbocycles. The van der Waals surface area contributed by atoms with Crippen molar-refractivity contribution in [3.05, 3.63) is 42.1 Å². The Morgan fingerprint density at radius 1 is 1.25 bits per heavy atom. The number of carbonyl (C=O) groups is 1. The summed E-state index contributed by atoms with van der Waals surface area (Å²) in [5.74, 6) is -0.930. The smallest absolute Gasteiger partial charge is 0.312 e. The average Bonchev–Trinajstić information content (AvgIpc) is 3.30. The Kier molecular flexibility index (Phi) is 3.01. The molecule has 0 radical (unpaired) electrons. The molecule has 0 aliphatic heterocycles. The van der Waals surface area contributed by atoms with Crippen LogP contribution in [-0.4, -0.2) is 29.1 Å². The molecule has 0 spiro atoms. The highest BCUT2D eigenvalue weighted by atomic mass is 32.2. The van der Waals surface area contributed by atoms with E-state index in [2.05, 4.69) is 0 Å². The van der Waals surface area contributed by atoms with Gasteiger partial charge in [0.25, 0.3) is 5.91 Å². The number of aromatic nitrogens is 1. The highest BCUT2D eigenvalue weighted by molar-refractivity contribution is 7.88. The van der Waals surface area contributed by atoms with E-state index in [0.717, 1.165) is 0 Å². The second kappa shape index (κ2) is 4.88. The molecule has 124 valence electrons. The van der Waals surface area contributed by atoms with Gasteiger partial charge in [-0.2, -0.15) is 8.42 Å². The predicted octanol–water partition coefficient (Wildman–Crippen LogP) is 1.77. The van der Waals surface area contributed by atoms with E-state index in [9.17, 15) is 18.3 Å². The molecule has 3 aromatic rings. The number of phenols is 1. The van der Waals surface area contributed by atoms with Crippen molar-refractivity contribution in [2.45, 2.75) is 18.1 Å². The average molecular weight is 346 g/mol. The zero-order valence-corrected chi connectivity index (χ0v) is 13.3. The van der Waals surface area contributed by atoms with Crippen molar-refractivity contribution in [2.24, 2.45) is 5.73 Å². The maximum absolute atomic E-state index is 12.0. The van der Waals surface area contributed by atoms with E-state index in [1.807, 2.05) is 0 Å². The molecule has 8 heteroatoms. The van der Waals surface area contributed by atoms with E-state index in [-0.39, 0.29) is 22.4 Å². The summed E-state index contributed by atoms with van der Waals surface area (Å²) in [6.07, 6.45) is 2.86. The first-order valence-corrected chi connectivity index (χ1v) is 8.84.